The molecule has 0 aliphatic heterocycles. The van der Waals surface area contributed by atoms with E-state index in [-0.39, 0.29) is 10.6 Å². The number of hydrogen-bond donors (Lipinski definition) is 2. The second-order valence-corrected chi connectivity index (χ2v) is 7.20. The van der Waals surface area contributed by atoms with Gasteiger partial charge in [-0.05, 0) is 48.4 Å². The molecule has 0 spiro atoms. The number of H-pyrrole nitrogens is 1. The van der Waals surface area contributed by atoms with E-state index >= 15 is 0 Å². The first-order valence-corrected chi connectivity index (χ1v) is 9.01. The molecule has 5 nitrogen and oxygen atoms in total. The van der Waals surface area contributed by atoms with Crippen molar-refractivity contribution in [1.82, 2.24) is 4.98 Å². The largest absolute Gasteiger partial charge is 0.494 e. The maximum Gasteiger partial charge on any atom is 0.238 e. The second kappa shape index (κ2) is 6.34. The van der Waals surface area contributed by atoms with Crippen LogP contribution in [0.15, 0.2) is 53.6 Å². The van der Waals surface area contributed by atoms with Crippen LogP contribution in [0.5, 0.6) is 5.75 Å². The van der Waals surface area contributed by atoms with Crippen LogP contribution >= 0.6 is 0 Å². The molecule has 25 heavy (non-hydrogen) atoms. The molecule has 7 heteroatoms. The third-order valence-corrected chi connectivity index (χ3v) is 4.92. The van der Waals surface area contributed by atoms with Crippen LogP contribution in [0.2, 0.25) is 0 Å². The normalized spacial score (nSPS) is 11.5. The molecule has 1 heterocycles. The second-order valence-electron chi connectivity index (χ2n) is 5.64. The first kappa shape index (κ1) is 17.2. The summed E-state index contributed by atoms with van der Waals surface area (Å²) in [4.78, 5) is 3.19. The Kier molecular flexibility index (Phi) is 4.36. The van der Waals surface area contributed by atoms with Crippen LogP contribution in [-0.4, -0.2) is 20.5 Å². The minimum absolute atomic E-state index is 0.0430. The lowest BCUT2D eigenvalue weighted by molar-refractivity contribution is 0.386. The molecule has 0 radical (unpaired) electrons. The summed E-state index contributed by atoms with van der Waals surface area (Å²) in [6.07, 6.45) is 1.82. The van der Waals surface area contributed by atoms with E-state index in [1.165, 1.54) is 25.3 Å². The van der Waals surface area contributed by atoms with Gasteiger partial charge in [0.05, 0.1) is 17.7 Å². The van der Waals surface area contributed by atoms with Crippen molar-refractivity contribution >= 4 is 10.0 Å². The Morgan fingerprint density at radius 3 is 2.28 bits per heavy atom. The molecule has 3 rings (SSSR count). The Bertz CT molecular complexity index is 1020. The molecule has 0 unspecified atom stereocenters. The van der Waals surface area contributed by atoms with Crippen LogP contribution < -0.4 is 9.88 Å². The van der Waals surface area contributed by atoms with Gasteiger partial charge in [0.1, 0.15) is 0 Å². The number of nitrogens with one attached hydrogen (secondary N) is 1. The maximum absolute atomic E-state index is 14.0. The lowest BCUT2D eigenvalue weighted by atomic mass is 9.98. The molecule has 3 aromatic rings. The Morgan fingerprint density at radius 2 is 1.72 bits per heavy atom. The molecule has 0 aliphatic carbocycles. The van der Waals surface area contributed by atoms with Gasteiger partial charge in [-0.15, -0.1) is 0 Å². The van der Waals surface area contributed by atoms with E-state index in [0.717, 1.165) is 22.4 Å². The van der Waals surface area contributed by atoms with E-state index in [1.54, 1.807) is 24.3 Å². The van der Waals surface area contributed by atoms with Crippen molar-refractivity contribution in [2.75, 3.05) is 7.11 Å². The zero-order chi connectivity index (χ0) is 18.2. The fraction of sp³-hybridized carbons (Fsp3) is 0.111. The molecule has 130 valence electrons. The third-order valence-electron chi connectivity index (χ3n) is 3.99. The van der Waals surface area contributed by atoms with Crippen molar-refractivity contribution in [2.45, 2.75) is 11.8 Å². The summed E-state index contributed by atoms with van der Waals surface area (Å²) in [6, 6.07) is 11.0. The van der Waals surface area contributed by atoms with Gasteiger partial charge < -0.3 is 9.72 Å². The van der Waals surface area contributed by atoms with Crippen molar-refractivity contribution in [3.63, 3.8) is 0 Å². The number of rotatable bonds is 4. The molecule has 0 fully saturated rings. The first-order valence-electron chi connectivity index (χ1n) is 7.46. The predicted octanol–water partition coefficient (Wildman–Crippen LogP) is 3.45. The maximum atomic E-state index is 14.0. The van der Waals surface area contributed by atoms with Crippen molar-refractivity contribution in [3.8, 4) is 28.1 Å². The third kappa shape index (κ3) is 3.29. The molecule has 0 aliphatic rings. The van der Waals surface area contributed by atoms with Gasteiger partial charge in [-0.3, -0.25) is 0 Å². The number of aromatic amines is 1. The summed E-state index contributed by atoms with van der Waals surface area (Å²) in [6.45, 7) is 1.92. The average Bonchev–Trinajstić information content (AvgIpc) is 2.95. The van der Waals surface area contributed by atoms with E-state index in [4.69, 9.17) is 9.88 Å². The zero-order valence-corrected chi connectivity index (χ0v) is 14.5. The topological polar surface area (TPSA) is 85.2 Å². The van der Waals surface area contributed by atoms with Gasteiger partial charge in [-0.25, -0.2) is 17.9 Å². The zero-order valence-electron chi connectivity index (χ0n) is 13.7. The number of methoxy groups -OCH3 is 1. The number of benzene rings is 2. The Labute approximate surface area is 145 Å². The number of hydrogen-bond acceptors (Lipinski definition) is 3. The van der Waals surface area contributed by atoms with Gasteiger partial charge in [0, 0.05) is 17.3 Å². The van der Waals surface area contributed by atoms with Crippen LogP contribution in [0, 0.1) is 12.7 Å². The number of aryl methyl sites for hydroxylation is 1. The number of ether oxygens (including phenoxy) is 1. The number of primary sulfonamides is 1. The molecule has 1 aromatic heterocycles. The van der Waals surface area contributed by atoms with E-state index in [1.807, 2.05) is 13.1 Å². The SMILES string of the molecule is COc1ccc(-c2[nH]cc(C)c2-c2ccc(S(N)(=O)=O)cc2)cc1F. The highest BCUT2D eigenvalue weighted by molar-refractivity contribution is 7.89. The molecular weight excluding hydrogens is 343 g/mol. The summed E-state index contributed by atoms with van der Waals surface area (Å²) in [7, 11) is -2.33. The molecule has 0 saturated carbocycles. The van der Waals surface area contributed by atoms with Gasteiger partial charge >= 0.3 is 0 Å². The molecule has 2 aromatic carbocycles. The standard InChI is InChI=1S/C18H17FN2O3S/c1-11-10-21-18(13-5-8-16(24-2)15(19)9-13)17(11)12-3-6-14(7-4-12)25(20,22)23/h3-10,21H,1-2H3,(H2,20,22,23). The smallest absolute Gasteiger partial charge is 0.238 e. The van der Waals surface area contributed by atoms with Crippen molar-refractivity contribution in [3.05, 3.63) is 60.0 Å². The monoisotopic (exact) mass is 360 g/mol. The van der Waals surface area contributed by atoms with Crippen LogP contribution in [0.25, 0.3) is 22.4 Å². The van der Waals surface area contributed by atoms with Gasteiger partial charge in [0.15, 0.2) is 11.6 Å². The predicted molar refractivity (Wildman–Crippen MR) is 94.3 cm³/mol. The fourth-order valence-electron chi connectivity index (χ4n) is 2.75. The Hall–Kier alpha value is -2.64. The number of nitrogens with two attached hydrogens (primary N) is 1. The fourth-order valence-corrected chi connectivity index (χ4v) is 3.27. The van der Waals surface area contributed by atoms with E-state index in [2.05, 4.69) is 4.98 Å². The van der Waals surface area contributed by atoms with Gasteiger partial charge in [0.2, 0.25) is 10.0 Å². The minimum Gasteiger partial charge on any atom is -0.494 e. The van der Waals surface area contributed by atoms with Crippen molar-refractivity contribution in [1.29, 1.82) is 0 Å². The number of sulfonamides is 1. The van der Waals surface area contributed by atoms with Gasteiger partial charge in [0.25, 0.3) is 0 Å². The number of aromatic nitrogens is 1. The highest BCUT2D eigenvalue weighted by atomic mass is 32.2. The summed E-state index contributed by atoms with van der Waals surface area (Å²) in [5.74, 6) is -0.283. The Balaban J connectivity index is 2.10. The minimum atomic E-state index is -3.75. The average molecular weight is 360 g/mol. The molecule has 0 saturated heterocycles. The lowest BCUT2D eigenvalue weighted by Crippen LogP contribution is -2.11. The lowest BCUT2D eigenvalue weighted by Gasteiger charge is -2.09. The molecular formula is C18H17FN2O3S. The van der Waals surface area contributed by atoms with E-state index in [0.29, 0.717) is 5.56 Å². The summed E-state index contributed by atoms with van der Waals surface area (Å²) >= 11 is 0. The van der Waals surface area contributed by atoms with E-state index in [9.17, 15) is 12.8 Å². The van der Waals surface area contributed by atoms with Crippen LogP contribution in [0.1, 0.15) is 5.56 Å². The van der Waals surface area contributed by atoms with Gasteiger partial charge in [-0.2, -0.15) is 0 Å². The molecule has 3 N–H and O–H groups in total. The summed E-state index contributed by atoms with van der Waals surface area (Å²) in [5, 5.41) is 5.13. The van der Waals surface area contributed by atoms with Gasteiger partial charge in [-0.1, -0.05) is 12.1 Å². The van der Waals surface area contributed by atoms with Crippen molar-refractivity contribution < 1.29 is 17.5 Å². The van der Waals surface area contributed by atoms with Crippen molar-refractivity contribution in [2.24, 2.45) is 5.14 Å². The van der Waals surface area contributed by atoms with Crippen LogP contribution in [-0.2, 0) is 10.0 Å². The van der Waals surface area contributed by atoms with E-state index < -0.39 is 15.8 Å². The molecule has 0 amide bonds. The molecule has 0 atom stereocenters. The highest BCUT2D eigenvalue weighted by Crippen LogP contribution is 2.35. The van der Waals surface area contributed by atoms with Crippen LogP contribution in [0.3, 0.4) is 0 Å². The first-order chi connectivity index (χ1) is 11.8. The molecule has 0 bridgehead atoms. The summed E-state index contributed by atoms with van der Waals surface area (Å²) < 4.78 is 41.8. The Morgan fingerprint density at radius 1 is 1.08 bits per heavy atom. The summed E-state index contributed by atoms with van der Waals surface area (Å²) in [5.41, 5.74) is 4.02. The van der Waals surface area contributed by atoms with Crippen LogP contribution in [0.4, 0.5) is 4.39 Å². The number of halogens is 1. The highest BCUT2D eigenvalue weighted by Gasteiger charge is 2.15. The quantitative estimate of drug-likeness (QED) is 0.747.